The Morgan fingerprint density at radius 2 is 2.67 bits per heavy atom. The van der Waals surface area contributed by atoms with Crippen LogP contribution in [0.25, 0.3) is 0 Å². The average molecular weight is 166 g/mol. The summed E-state index contributed by atoms with van der Waals surface area (Å²) in [5, 5.41) is 11.2. The lowest BCUT2D eigenvalue weighted by Gasteiger charge is -2.23. The molecule has 0 bridgehead atoms. The van der Waals surface area contributed by atoms with E-state index in [4.69, 9.17) is 0 Å². The average Bonchev–Trinajstić information content (AvgIpc) is 2.53. The maximum Gasteiger partial charge on any atom is 0.133 e. The molecule has 4 nitrogen and oxygen atoms in total. The Morgan fingerprint density at radius 3 is 3.50 bits per heavy atom. The van der Waals surface area contributed by atoms with Crippen LogP contribution in [0, 0.1) is 0 Å². The van der Waals surface area contributed by atoms with E-state index >= 15 is 0 Å². The minimum atomic E-state index is 0.564. The standard InChI is InChI=1S/C8H14N4/c1-9-5-7-3-2-4-8-11-10-6-12(7)8/h6-7,9H,2-5H2,1H3. The molecule has 0 spiro atoms. The first-order chi connectivity index (χ1) is 5.92. The third kappa shape index (κ3) is 1.22. The van der Waals surface area contributed by atoms with Gasteiger partial charge in [0.2, 0.25) is 0 Å². The topological polar surface area (TPSA) is 42.7 Å². The third-order valence-corrected chi connectivity index (χ3v) is 2.42. The molecule has 0 radical (unpaired) electrons. The number of hydrogen-bond acceptors (Lipinski definition) is 3. The Kier molecular flexibility index (Phi) is 2.08. The van der Waals surface area contributed by atoms with Crippen molar-refractivity contribution in [1.29, 1.82) is 0 Å². The summed E-state index contributed by atoms with van der Waals surface area (Å²) in [7, 11) is 1.98. The Balaban J connectivity index is 2.19. The maximum atomic E-state index is 4.07. The molecule has 1 aliphatic heterocycles. The van der Waals surface area contributed by atoms with Crippen molar-refractivity contribution in [3.8, 4) is 0 Å². The van der Waals surface area contributed by atoms with Gasteiger partial charge in [-0.05, 0) is 19.9 Å². The number of rotatable bonds is 2. The fraction of sp³-hybridized carbons (Fsp3) is 0.750. The van der Waals surface area contributed by atoms with Gasteiger partial charge in [0.1, 0.15) is 12.2 Å². The first kappa shape index (κ1) is 7.73. The molecule has 2 rings (SSSR count). The van der Waals surface area contributed by atoms with Crippen LogP contribution in [0.3, 0.4) is 0 Å². The summed E-state index contributed by atoms with van der Waals surface area (Å²) >= 11 is 0. The van der Waals surface area contributed by atoms with Crippen LogP contribution in [-0.4, -0.2) is 28.4 Å². The summed E-state index contributed by atoms with van der Waals surface area (Å²) in [5.74, 6) is 1.14. The highest BCUT2D eigenvalue weighted by molar-refractivity contribution is 4.94. The molecule has 0 aromatic carbocycles. The molecule has 1 aromatic rings. The molecular weight excluding hydrogens is 152 g/mol. The molecule has 0 saturated heterocycles. The van der Waals surface area contributed by atoms with Gasteiger partial charge in [0.25, 0.3) is 0 Å². The summed E-state index contributed by atoms with van der Waals surface area (Å²) in [6.45, 7) is 1.02. The van der Waals surface area contributed by atoms with Gasteiger partial charge in [-0.3, -0.25) is 0 Å². The first-order valence-corrected chi connectivity index (χ1v) is 4.45. The second-order valence-corrected chi connectivity index (χ2v) is 3.26. The molecule has 1 unspecified atom stereocenters. The van der Waals surface area contributed by atoms with Gasteiger partial charge in [0, 0.05) is 19.0 Å². The number of nitrogens with one attached hydrogen (secondary N) is 1. The van der Waals surface area contributed by atoms with E-state index in [0.717, 1.165) is 18.8 Å². The largest absolute Gasteiger partial charge is 0.318 e. The molecule has 2 heterocycles. The van der Waals surface area contributed by atoms with Crippen molar-refractivity contribution < 1.29 is 0 Å². The van der Waals surface area contributed by atoms with E-state index in [1.165, 1.54) is 12.8 Å². The normalized spacial score (nSPS) is 22.2. The second-order valence-electron chi connectivity index (χ2n) is 3.26. The zero-order valence-corrected chi connectivity index (χ0v) is 7.32. The molecule has 0 amide bonds. The number of nitrogens with zero attached hydrogens (tertiary/aromatic N) is 3. The molecule has 1 N–H and O–H groups in total. The van der Waals surface area contributed by atoms with Crippen molar-refractivity contribution in [2.45, 2.75) is 25.3 Å². The SMILES string of the molecule is CNCC1CCCc2nncn21. The van der Waals surface area contributed by atoms with Crippen LogP contribution in [0.5, 0.6) is 0 Å². The molecule has 12 heavy (non-hydrogen) atoms. The van der Waals surface area contributed by atoms with E-state index < -0.39 is 0 Å². The molecule has 1 atom stereocenters. The molecule has 0 saturated carbocycles. The fourth-order valence-electron chi connectivity index (χ4n) is 1.82. The number of hydrogen-bond donors (Lipinski definition) is 1. The van der Waals surface area contributed by atoms with Crippen molar-refractivity contribution in [3.63, 3.8) is 0 Å². The van der Waals surface area contributed by atoms with Crippen molar-refractivity contribution in [1.82, 2.24) is 20.1 Å². The van der Waals surface area contributed by atoms with Gasteiger partial charge >= 0.3 is 0 Å². The second kappa shape index (κ2) is 3.23. The van der Waals surface area contributed by atoms with E-state index in [9.17, 15) is 0 Å². The van der Waals surface area contributed by atoms with Crippen molar-refractivity contribution in [3.05, 3.63) is 12.2 Å². The monoisotopic (exact) mass is 166 g/mol. The zero-order chi connectivity index (χ0) is 8.39. The van der Waals surface area contributed by atoms with Crippen molar-refractivity contribution in [2.75, 3.05) is 13.6 Å². The van der Waals surface area contributed by atoms with E-state index in [1.54, 1.807) is 0 Å². The minimum Gasteiger partial charge on any atom is -0.318 e. The molecular formula is C8H14N4. The molecule has 1 aliphatic rings. The van der Waals surface area contributed by atoms with Gasteiger partial charge in [0.05, 0.1) is 0 Å². The van der Waals surface area contributed by atoms with Crippen molar-refractivity contribution >= 4 is 0 Å². The van der Waals surface area contributed by atoms with Gasteiger partial charge in [-0.15, -0.1) is 10.2 Å². The van der Waals surface area contributed by atoms with Gasteiger partial charge < -0.3 is 9.88 Å². The summed E-state index contributed by atoms with van der Waals surface area (Å²) < 4.78 is 2.19. The van der Waals surface area contributed by atoms with Crippen LogP contribution in [0.2, 0.25) is 0 Å². The lowest BCUT2D eigenvalue weighted by Crippen LogP contribution is -2.26. The van der Waals surface area contributed by atoms with E-state index in [0.29, 0.717) is 6.04 Å². The predicted molar refractivity (Wildman–Crippen MR) is 45.9 cm³/mol. The van der Waals surface area contributed by atoms with Crippen LogP contribution >= 0.6 is 0 Å². The molecule has 1 aromatic heterocycles. The van der Waals surface area contributed by atoms with Crippen LogP contribution in [0.1, 0.15) is 24.7 Å². The fourth-order valence-corrected chi connectivity index (χ4v) is 1.82. The Bertz CT molecular complexity index is 255. The lowest BCUT2D eigenvalue weighted by atomic mass is 10.0. The van der Waals surface area contributed by atoms with Crippen LogP contribution < -0.4 is 5.32 Å². The summed E-state index contributed by atoms with van der Waals surface area (Å²) in [4.78, 5) is 0. The third-order valence-electron chi connectivity index (χ3n) is 2.42. The zero-order valence-electron chi connectivity index (χ0n) is 7.32. The van der Waals surface area contributed by atoms with Gasteiger partial charge in [-0.25, -0.2) is 0 Å². The summed E-state index contributed by atoms with van der Waals surface area (Å²) in [5.41, 5.74) is 0. The predicted octanol–water partition coefficient (Wildman–Crippen LogP) is 0.375. The summed E-state index contributed by atoms with van der Waals surface area (Å²) in [6.07, 6.45) is 5.41. The quantitative estimate of drug-likeness (QED) is 0.690. The molecule has 0 fully saturated rings. The number of likely N-dealkylation sites (N-methyl/N-ethyl adjacent to an activating group) is 1. The molecule has 4 heteroatoms. The summed E-state index contributed by atoms with van der Waals surface area (Å²) in [6, 6.07) is 0.564. The highest BCUT2D eigenvalue weighted by Gasteiger charge is 2.19. The van der Waals surface area contributed by atoms with Crippen LogP contribution in [0.4, 0.5) is 0 Å². The highest BCUT2D eigenvalue weighted by atomic mass is 15.3. The van der Waals surface area contributed by atoms with Gasteiger partial charge in [-0.1, -0.05) is 0 Å². The highest BCUT2D eigenvalue weighted by Crippen LogP contribution is 2.21. The number of aryl methyl sites for hydroxylation is 1. The Morgan fingerprint density at radius 1 is 1.75 bits per heavy atom. The smallest absolute Gasteiger partial charge is 0.133 e. The van der Waals surface area contributed by atoms with E-state index in [2.05, 4.69) is 20.1 Å². The van der Waals surface area contributed by atoms with Gasteiger partial charge in [0.15, 0.2) is 0 Å². The Hall–Kier alpha value is -0.900. The lowest BCUT2D eigenvalue weighted by molar-refractivity contribution is 0.385. The number of aromatic nitrogens is 3. The first-order valence-electron chi connectivity index (χ1n) is 4.45. The molecule has 66 valence electrons. The number of fused-ring (bicyclic) bond motifs is 1. The Labute approximate surface area is 72.0 Å². The van der Waals surface area contributed by atoms with Crippen LogP contribution in [-0.2, 0) is 6.42 Å². The van der Waals surface area contributed by atoms with Crippen molar-refractivity contribution in [2.24, 2.45) is 0 Å². The van der Waals surface area contributed by atoms with E-state index in [-0.39, 0.29) is 0 Å². The van der Waals surface area contributed by atoms with Crippen LogP contribution in [0.15, 0.2) is 6.33 Å². The molecule has 0 aliphatic carbocycles. The van der Waals surface area contributed by atoms with Gasteiger partial charge in [-0.2, -0.15) is 0 Å². The maximum absolute atomic E-state index is 4.07. The minimum absolute atomic E-state index is 0.564. The van der Waals surface area contributed by atoms with E-state index in [1.807, 2.05) is 13.4 Å².